The van der Waals surface area contributed by atoms with Gasteiger partial charge in [0.15, 0.2) is 0 Å². The van der Waals surface area contributed by atoms with E-state index < -0.39 is 0 Å². The van der Waals surface area contributed by atoms with E-state index in [2.05, 4.69) is 10.2 Å². The van der Waals surface area contributed by atoms with Crippen LogP contribution in [0, 0.1) is 5.92 Å². The third-order valence-electron chi connectivity index (χ3n) is 5.69. The molecule has 1 N–H and O–H groups in total. The number of rotatable bonds is 3. The van der Waals surface area contributed by atoms with Crippen LogP contribution in [-0.4, -0.2) is 60.4 Å². The van der Waals surface area contributed by atoms with Crippen LogP contribution in [0.3, 0.4) is 0 Å². The first kappa shape index (κ1) is 15.8. The highest BCUT2D eigenvalue weighted by Crippen LogP contribution is 2.27. The first-order valence-electron chi connectivity index (χ1n) is 9.14. The predicted octanol–water partition coefficient (Wildman–Crippen LogP) is 1.75. The Morgan fingerprint density at radius 2 is 1.67 bits per heavy atom. The molecule has 0 radical (unpaired) electrons. The molecule has 24 heavy (non-hydrogen) atoms. The van der Waals surface area contributed by atoms with Gasteiger partial charge in [-0.05, 0) is 63.4 Å². The summed E-state index contributed by atoms with van der Waals surface area (Å²) in [4.78, 5) is 29.2. The zero-order valence-electron chi connectivity index (χ0n) is 14.0. The topological polar surface area (TPSA) is 52.7 Å². The Balaban J connectivity index is 1.42. The zero-order chi connectivity index (χ0) is 16.5. The molecule has 2 saturated heterocycles. The van der Waals surface area contributed by atoms with E-state index in [1.54, 1.807) is 12.1 Å². The molecule has 128 valence electrons. The van der Waals surface area contributed by atoms with Crippen LogP contribution in [0.25, 0.3) is 0 Å². The average molecular weight is 327 g/mol. The van der Waals surface area contributed by atoms with Gasteiger partial charge in [-0.3, -0.25) is 19.4 Å². The van der Waals surface area contributed by atoms with Crippen molar-refractivity contribution in [2.75, 3.05) is 32.7 Å². The lowest BCUT2D eigenvalue weighted by molar-refractivity contribution is 0.0542. The smallest absolute Gasteiger partial charge is 0.261 e. The first-order valence-corrected chi connectivity index (χ1v) is 9.14. The van der Waals surface area contributed by atoms with Crippen LogP contribution in [0.15, 0.2) is 24.3 Å². The van der Waals surface area contributed by atoms with Crippen molar-refractivity contribution in [2.45, 2.75) is 31.7 Å². The van der Waals surface area contributed by atoms with Gasteiger partial charge in [-0.15, -0.1) is 0 Å². The lowest BCUT2D eigenvalue weighted by atomic mass is 9.94. The predicted molar refractivity (Wildman–Crippen MR) is 92.0 cm³/mol. The number of benzene rings is 1. The van der Waals surface area contributed by atoms with E-state index in [-0.39, 0.29) is 11.8 Å². The fraction of sp³-hybridized carbons (Fsp3) is 0.579. The Labute approximate surface area is 143 Å². The molecule has 0 saturated carbocycles. The zero-order valence-corrected chi connectivity index (χ0v) is 14.0. The molecule has 0 spiro atoms. The number of hydrogen-bond acceptors (Lipinski definition) is 4. The Morgan fingerprint density at radius 3 is 2.33 bits per heavy atom. The van der Waals surface area contributed by atoms with E-state index in [1.165, 1.54) is 17.7 Å². The van der Waals surface area contributed by atoms with Gasteiger partial charge in [0.1, 0.15) is 0 Å². The molecule has 3 aliphatic heterocycles. The highest BCUT2D eigenvalue weighted by atomic mass is 16.2. The first-order chi connectivity index (χ1) is 11.7. The van der Waals surface area contributed by atoms with Crippen LogP contribution in [0.2, 0.25) is 0 Å². The van der Waals surface area contributed by atoms with Gasteiger partial charge in [0.05, 0.1) is 11.1 Å². The summed E-state index contributed by atoms with van der Waals surface area (Å²) >= 11 is 0. The molecule has 1 atom stereocenters. The van der Waals surface area contributed by atoms with E-state index in [0.717, 1.165) is 39.0 Å². The minimum Gasteiger partial charge on any atom is -0.317 e. The number of fused-ring (bicyclic) bond motifs is 1. The number of imide groups is 1. The molecule has 3 aliphatic rings. The number of carbonyl (C=O) groups excluding carboxylic acids is 2. The van der Waals surface area contributed by atoms with Crippen molar-refractivity contribution in [1.82, 2.24) is 15.1 Å². The monoisotopic (exact) mass is 327 g/mol. The molecule has 2 fully saturated rings. The summed E-state index contributed by atoms with van der Waals surface area (Å²) < 4.78 is 0. The van der Waals surface area contributed by atoms with Crippen molar-refractivity contribution < 1.29 is 9.59 Å². The second-order valence-electron chi connectivity index (χ2n) is 7.25. The van der Waals surface area contributed by atoms with E-state index in [1.807, 2.05) is 12.1 Å². The normalized spacial score (nSPS) is 26.0. The van der Waals surface area contributed by atoms with Gasteiger partial charge < -0.3 is 5.32 Å². The maximum Gasteiger partial charge on any atom is 0.261 e. The number of piperidine rings is 2. The second kappa shape index (κ2) is 6.65. The molecule has 0 bridgehead atoms. The number of amides is 2. The van der Waals surface area contributed by atoms with Gasteiger partial charge in [0.25, 0.3) is 11.8 Å². The molecule has 5 heteroatoms. The summed E-state index contributed by atoms with van der Waals surface area (Å²) in [6, 6.07) is 7.84. The van der Waals surface area contributed by atoms with Crippen LogP contribution in [0.4, 0.5) is 0 Å². The highest BCUT2D eigenvalue weighted by molar-refractivity contribution is 6.21. The second-order valence-corrected chi connectivity index (χ2v) is 7.25. The number of hydrogen-bond donors (Lipinski definition) is 1. The summed E-state index contributed by atoms with van der Waals surface area (Å²) in [5.41, 5.74) is 1.13. The minimum atomic E-state index is -0.116. The number of nitrogens with one attached hydrogen (secondary N) is 1. The van der Waals surface area contributed by atoms with E-state index >= 15 is 0 Å². The van der Waals surface area contributed by atoms with Crippen molar-refractivity contribution in [3.05, 3.63) is 35.4 Å². The van der Waals surface area contributed by atoms with E-state index in [9.17, 15) is 9.59 Å². The third-order valence-corrected chi connectivity index (χ3v) is 5.69. The molecule has 5 nitrogen and oxygen atoms in total. The van der Waals surface area contributed by atoms with Crippen molar-refractivity contribution >= 4 is 11.8 Å². The van der Waals surface area contributed by atoms with Gasteiger partial charge in [0.2, 0.25) is 0 Å². The summed E-state index contributed by atoms with van der Waals surface area (Å²) in [5, 5.41) is 3.42. The molecule has 0 aromatic heterocycles. The fourth-order valence-electron chi connectivity index (χ4n) is 4.41. The largest absolute Gasteiger partial charge is 0.317 e. The number of carbonyl (C=O) groups is 2. The van der Waals surface area contributed by atoms with Crippen LogP contribution in [0.1, 0.15) is 46.4 Å². The van der Waals surface area contributed by atoms with Crippen molar-refractivity contribution in [2.24, 2.45) is 5.92 Å². The minimum absolute atomic E-state index is 0.116. The van der Waals surface area contributed by atoms with Crippen LogP contribution in [-0.2, 0) is 0 Å². The summed E-state index contributed by atoms with van der Waals surface area (Å²) in [6.07, 6.45) is 4.69. The van der Waals surface area contributed by atoms with Crippen molar-refractivity contribution in [3.8, 4) is 0 Å². The van der Waals surface area contributed by atoms with Gasteiger partial charge >= 0.3 is 0 Å². The lowest BCUT2D eigenvalue weighted by Crippen LogP contribution is -2.49. The number of nitrogens with zero attached hydrogens (tertiary/aromatic N) is 2. The van der Waals surface area contributed by atoms with Crippen LogP contribution in [0.5, 0.6) is 0 Å². The highest BCUT2D eigenvalue weighted by Gasteiger charge is 2.37. The quantitative estimate of drug-likeness (QED) is 0.860. The van der Waals surface area contributed by atoms with Gasteiger partial charge in [-0.2, -0.15) is 0 Å². The summed E-state index contributed by atoms with van der Waals surface area (Å²) in [5.74, 6) is 0.167. The van der Waals surface area contributed by atoms with Crippen molar-refractivity contribution in [1.29, 1.82) is 0 Å². The maximum atomic E-state index is 12.5. The SMILES string of the molecule is O=C1c2ccccc2C(=O)N1CC1CCCN(C2CCNCC2)C1. The molecule has 1 aromatic rings. The molecule has 2 amide bonds. The summed E-state index contributed by atoms with van der Waals surface area (Å²) in [7, 11) is 0. The Hall–Kier alpha value is -1.72. The molecule has 0 aliphatic carbocycles. The standard InChI is InChI=1S/C19H25N3O2/c23-18-16-5-1-2-6-17(16)19(24)22(18)13-14-4-3-11-21(12-14)15-7-9-20-10-8-15/h1-2,5-6,14-15,20H,3-4,7-13H2. The third kappa shape index (κ3) is 2.87. The lowest BCUT2D eigenvalue weighted by Gasteiger charge is -2.40. The molecule has 4 rings (SSSR count). The number of likely N-dealkylation sites (tertiary alicyclic amines) is 1. The van der Waals surface area contributed by atoms with Crippen molar-refractivity contribution in [3.63, 3.8) is 0 Å². The van der Waals surface area contributed by atoms with E-state index in [4.69, 9.17) is 0 Å². The Kier molecular flexibility index (Phi) is 4.37. The van der Waals surface area contributed by atoms with Gasteiger partial charge in [-0.1, -0.05) is 12.1 Å². The molecule has 1 unspecified atom stereocenters. The molecule has 1 aromatic carbocycles. The van der Waals surface area contributed by atoms with Gasteiger partial charge in [0, 0.05) is 19.1 Å². The molecular formula is C19H25N3O2. The van der Waals surface area contributed by atoms with E-state index in [0.29, 0.717) is 29.6 Å². The Morgan fingerprint density at radius 1 is 1.00 bits per heavy atom. The fourth-order valence-corrected chi connectivity index (χ4v) is 4.41. The van der Waals surface area contributed by atoms with Gasteiger partial charge in [-0.25, -0.2) is 0 Å². The van der Waals surface area contributed by atoms with Crippen LogP contribution < -0.4 is 5.32 Å². The molecular weight excluding hydrogens is 302 g/mol. The Bertz CT molecular complexity index is 604. The molecule has 3 heterocycles. The van der Waals surface area contributed by atoms with Crippen LogP contribution >= 0.6 is 0 Å². The summed E-state index contributed by atoms with van der Waals surface area (Å²) in [6.45, 7) is 4.93. The average Bonchev–Trinajstić information content (AvgIpc) is 2.88. The maximum absolute atomic E-state index is 12.5.